The van der Waals surface area contributed by atoms with Crippen LogP contribution in [0, 0.1) is 0 Å². The second-order valence-corrected chi connectivity index (χ2v) is 3.66. The molecule has 1 unspecified atom stereocenters. The zero-order valence-electron chi connectivity index (χ0n) is 10.5. The third kappa shape index (κ3) is 2.65. The minimum atomic E-state index is -0.148. The minimum Gasteiger partial charge on any atom is -0.497 e. The van der Waals surface area contributed by atoms with Crippen LogP contribution in [0.1, 0.15) is 11.8 Å². The molecule has 0 aliphatic rings. The van der Waals surface area contributed by atoms with E-state index < -0.39 is 0 Å². The number of rotatable bonds is 5. The topological polar surface area (TPSA) is 30.9 Å². The van der Waals surface area contributed by atoms with Crippen LogP contribution in [0.2, 0.25) is 0 Å². The van der Waals surface area contributed by atoms with E-state index >= 15 is 0 Å². The first-order valence-electron chi connectivity index (χ1n) is 5.05. The standard InChI is InChI=1S/C12H19NO3/c1-13(2)12(16-5)10-8-9(14-3)6-7-11(10)15-4/h6-8,12H,1-5H3. The van der Waals surface area contributed by atoms with Crippen molar-refractivity contribution < 1.29 is 14.2 Å². The summed E-state index contributed by atoms with van der Waals surface area (Å²) in [6, 6.07) is 5.67. The SMILES string of the molecule is COc1ccc(OC)c(C(OC)N(C)C)c1. The van der Waals surface area contributed by atoms with Gasteiger partial charge in [-0.3, -0.25) is 4.90 Å². The molecule has 16 heavy (non-hydrogen) atoms. The largest absolute Gasteiger partial charge is 0.497 e. The summed E-state index contributed by atoms with van der Waals surface area (Å²) in [4.78, 5) is 1.97. The van der Waals surface area contributed by atoms with Gasteiger partial charge < -0.3 is 14.2 Å². The van der Waals surface area contributed by atoms with Crippen molar-refractivity contribution in [2.75, 3.05) is 35.4 Å². The second-order valence-electron chi connectivity index (χ2n) is 3.66. The third-order valence-corrected chi connectivity index (χ3v) is 2.40. The van der Waals surface area contributed by atoms with Crippen molar-refractivity contribution in [1.29, 1.82) is 0 Å². The summed E-state index contributed by atoms with van der Waals surface area (Å²) in [5.74, 6) is 1.58. The van der Waals surface area contributed by atoms with Crippen molar-refractivity contribution in [1.82, 2.24) is 4.90 Å². The quantitative estimate of drug-likeness (QED) is 0.716. The number of ether oxygens (including phenoxy) is 3. The molecule has 0 bridgehead atoms. The highest BCUT2D eigenvalue weighted by Crippen LogP contribution is 2.31. The molecular weight excluding hydrogens is 206 g/mol. The van der Waals surface area contributed by atoms with Crippen LogP contribution in [0.3, 0.4) is 0 Å². The van der Waals surface area contributed by atoms with Crippen LogP contribution in [0.5, 0.6) is 11.5 Å². The van der Waals surface area contributed by atoms with Crippen molar-refractivity contribution in [2.45, 2.75) is 6.23 Å². The average Bonchev–Trinajstić information content (AvgIpc) is 2.29. The Labute approximate surface area is 96.7 Å². The first-order valence-corrected chi connectivity index (χ1v) is 5.05. The number of benzene rings is 1. The van der Waals surface area contributed by atoms with Crippen LogP contribution in [-0.2, 0) is 4.74 Å². The maximum absolute atomic E-state index is 5.43. The Balaban J connectivity index is 3.15. The maximum atomic E-state index is 5.43. The van der Waals surface area contributed by atoms with E-state index in [0.717, 1.165) is 17.1 Å². The van der Waals surface area contributed by atoms with Gasteiger partial charge in [-0.1, -0.05) is 0 Å². The van der Waals surface area contributed by atoms with Crippen LogP contribution in [0.4, 0.5) is 0 Å². The van der Waals surface area contributed by atoms with Crippen LogP contribution in [0.15, 0.2) is 18.2 Å². The second kappa shape index (κ2) is 5.72. The van der Waals surface area contributed by atoms with Crippen molar-refractivity contribution in [3.63, 3.8) is 0 Å². The van der Waals surface area contributed by atoms with Gasteiger partial charge in [0, 0.05) is 12.7 Å². The predicted octanol–water partition coefficient (Wildman–Crippen LogP) is 1.91. The highest BCUT2D eigenvalue weighted by molar-refractivity contribution is 5.41. The minimum absolute atomic E-state index is 0.148. The smallest absolute Gasteiger partial charge is 0.139 e. The fourth-order valence-corrected chi connectivity index (χ4v) is 1.65. The molecule has 90 valence electrons. The molecule has 0 radical (unpaired) electrons. The van der Waals surface area contributed by atoms with E-state index in [9.17, 15) is 0 Å². The van der Waals surface area contributed by atoms with E-state index in [4.69, 9.17) is 14.2 Å². The molecule has 0 aliphatic carbocycles. The zero-order chi connectivity index (χ0) is 12.1. The Morgan fingerprint density at radius 3 is 2.19 bits per heavy atom. The molecule has 4 nitrogen and oxygen atoms in total. The van der Waals surface area contributed by atoms with Gasteiger partial charge in [-0.15, -0.1) is 0 Å². The molecule has 1 aromatic rings. The Hall–Kier alpha value is -1.26. The summed E-state index contributed by atoms with van der Waals surface area (Å²) in [5.41, 5.74) is 0.953. The average molecular weight is 225 g/mol. The lowest BCUT2D eigenvalue weighted by Gasteiger charge is -2.25. The molecule has 1 aromatic carbocycles. The fourth-order valence-electron chi connectivity index (χ4n) is 1.65. The molecule has 0 saturated heterocycles. The molecular formula is C12H19NO3. The summed E-state index contributed by atoms with van der Waals surface area (Å²) in [6.07, 6.45) is -0.148. The van der Waals surface area contributed by atoms with Crippen molar-refractivity contribution >= 4 is 0 Å². The normalized spacial score (nSPS) is 12.6. The lowest BCUT2D eigenvalue weighted by atomic mass is 10.1. The van der Waals surface area contributed by atoms with Gasteiger partial charge in [-0.25, -0.2) is 0 Å². The highest BCUT2D eigenvalue weighted by Gasteiger charge is 2.18. The molecule has 0 saturated carbocycles. The predicted molar refractivity (Wildman–Crippen MR) is 63.0 cm³/mol. The Kier molecular flexibility index (Phi) is 4.58. The van der Waals surface area contributed by atoms with Gasteiger partial charge in [-0.2, -0.15) is 0 Å². The summed E-state index contributed by atoms with van der Waals surface area (Å²) < 4.78 is 15.9. The summed E-state index contributed by atoms with van der Waals surface area (Å²) in [7, 11) is 8.86. The highest BCUT2D eigenvalue weighted by atomic mass is 16.5. The van der Waals surface area contributed by atoms with Gasteiger partial charge in [0.15, 0.2) is 0 Å². The molecule has 0 amide bonds. The molecule has 0 aromatic heterocycles. The molecule has 1 atom stereocenters. The molecule has 0 spiro atoms. The molecule has 1 rings (SSSR count). The van der Waals surface area contributed by atoms with Crippen LogP contribution in [0.25, 0.3) is 0 Å². The van der Waals surface area contributed by atoms with E-state index in [2.05, 4.69) is 0 Å². The van der Waals surface area contributed by atoms with Gasteiger partial charge in [-0.05, 0) is 32.3 Å². The van der Waals surface area contributed by atoms with Crippen molar-refractivity contribution in [3.8, 4) is 11.5 Å². The van der Waals surface area contributed by atoms with Crippen molar-refractivity contribution in [2.24, 2.45) is 0 Å². The fraction of sp³-hybridized carbons (Fsp3) is 0.500. The van der Waals surface area contributed by atoms with Crippen LogP contribution >= 0.6 is 0 Å². The molecule has 4 heteroatoms. The van der Waals surface area contributed by atoms with Gasteiger partial charge in [0.1, 0.15) is 17.7 Å². The Morgan fingerprint density at radius 1 is 1.06 bits per heavy atom. The number of methoxy groups -OCH3 is 3. The zero-order valence-corrected chi connectivity index (χ0v) is 10.5. The molecule has 0 heterocycles. The maximum Gasteiger partial charge on any atom is 0.139 e. The molecule has 0 N–H and O–H groups in total. The molecule has 0 fully saturated rings. The summed E-state index contributed by atoms with van der Waals surface area (Å²) in [5, 5.41) is 0. The number of hydrogen-bond donors (Lipinski definition) is 0. The monoisotopic (exact) mass is 225 g/mol. The number of hydrogen-bond acceptors (Lipinski definition) is 4. The van der Waals surface area contributed by atoms with Crippen LogP contribution in [-0.4, -0.2) is 40.3 Å². The summed E-state index contributed by atoms with van der Waals surface area (Å²) in [6.45, 7) is 0. The lowest BCUT2D eigenvalue weighted by Crippen LogP contribution is -2.22. The van der Waals surface area contributed by atoms with Gasteiger partial charge in [0.25, 0.3) is 0 Å². The van der Waals surface area contributed by atoms with Gasteiger partial charge in [0.05, 0.1) is 14.2 Å². The van der Waals surface area contributed by atoms with E-state index in [-0.39, 0.29) is 6.23 Å². The third-order valence-electron chi connectivity index (χ3n) is 2.40. The number of nitrogens with zero attached hydrogens (tertiary/aromatic N) is 1. The van der Waals surface area contributed by atoms with E-state index in [1.165, 1.54) is 0 Å². The van der Waals surface area contributed by atoms with Gasteiger partial charge >= 0.3 is 0 Å². The Bertz CT molecular complexity index is 339. The lowest BCUT2D eigenvalue weighted by molar-refractivity contribution is -0.00706. The molecule has 0 aliphatic heterocycles. The Morgan fingerprint density at radius 2 is 1.75 bits per heavy atom. The first kappa shape index (κ1) is 12.8. The van der Waals surface area contributed by atoms with Crippen LogP contribution < -0.4 is 9.47 Å². The van der Waals surface area contributed by atoms with Crippen molar-refractivity contribution in [3.05, 3.63) is 23.8 Å². The van der Waals surface area contributed by atoms with E-state index in [1.807, 2.05) is 37.2 Å². The van der Waals surface area contributed by atoms with E-state index in [0.29, 0.717) is 0 Å². The first-order chi connectivity index (χ1) is 7.63. The summed E-state index contributed by atoms with van der Waals surface area (Å²) >= 11 is 0. The van der Waals surface area contributed by atoms with Gasteiger partial charge in [0.2, 0.25) is 0 Å². The van der Waals surface area contributed by atoms with E-state index in [1.54, 1.807) is 21.3 Å².